The molecular formula is C16H13F3O3. The molecule has 0 saturated carbocycles. The van der Waals surface area contributed by atoms with Crippen LogP contribution in [0.25, 0.3) is 11.1 Å². The second-order valence-corrected chi connectivity index (χ2v) is 4.72. The molecule has 0 heterocycles. The summed E-state index contributed by atoms with van der Waals surface area (Å²) in [4.78, 5) is 11.0. The summed E-state index contributed by atoms with van der Waals surface area (Å²) in [5.74, 6) is -1.16. The quantitative estimate of drug-likeness (QED) is 0.914. The maximum absolute atomic E-state index is 13.1. The van der Waals surface area contributed by atoms with E-state index in [0.717, 1.165) is 17.7 Å². The molecule has 6 heteroatoms. The van der Waals surface area contributed by atoms with Crippen molar-refractivity contribution in [1.82, 2.24) is 0 Å². The fraction of sp³-hybridized carbons (Fsp3) is 0.188. The Labute approximate surface area is 125 Å². The molecular weight excluding hydrogens is 297 g/mol. The number of ether oxygens (including phenoxy) is 1. The van der Waals surface area contributed by atoms with E-state index in [4.69, 9.17) is 9.84 Å². The van der Waals surface area contributed by atoms with Crippen molar-refractivity contribution in [3.8, 4) is 16.9 Å². The van der Waals surface area contributed by atoms with Gasteiger partial charge in [-0.3, -0.25) is 0 Å². The van der Waals surface area contributed by atoms with Crippen molar-refractivity contribution in [2.75, 3.05) is 7.11 Å². The van der Waals surface area contributed by atoms with Crippen LogP contribution < -0.4 is 4.74 Å². The van der Waals surface area contributed by atoms with E-state index in [1.54, 1.807) is 25.1 Å². The van der Waals surface area contributed by atoms with Crippen molar-refractivity contribution in [2.45, 2.75) is 13.1 Å². The van der Waals surface area contributed by atoms with Crippen molar-refractivity contribution in [1.29, 1.82) is 0 Å². The van der Waals surface area contributed by atoms with Crippen molar-refractivity contribution in [3.63, 3.8) is 0 Å². The average molecular weight is 310 g/mol. The lowest BCUT2D eigenvalue weighted by molar-refractivity contribution is -0.138. The molecule has 3 nitrogen and oxygen atoms in total. The second-order valence-electron chi connectivity index (χ2n) is 4.72. The van der Waals surface area contributed by atoms with Gasteiger partial charge < -0.3 is 9.84 Å². The number of carboxylic acids is 1. The lowest BCUT2D eigenvalue weighted by Crippen LogP contribution is -2.13. The molecule has 0 radical (unpaired) electrons. The highest BCUT2D eigenvalue weighted by Crippen LogP contribution is 2.38. The van der Waals surface area contributed by atoms with Crippen LogP contribution in [0, 0.1) is 6.92 Å². The predicted octanol–water partition coefficient (Wildman–Crippen LogP) is 4.39. The van der Waals surface area contributed by atoms with Crippen molar-refractivity contribution in [3.05, 3.63) is 53.1 Å². The molecule has 0 amide bonds. The lowest BCUT2D eigenvalue weighted by atomic mass is 9.97. The third kappa shape index (κ3) is 2.90. The van der Waals surface area contributed by atoms with Crippen molar-refractivity contribution >= 4 is 5.97 Å². The largest absolute Gasteiger partial charge is 0.496 e. The molecule has 0 aliphatic carbocycles. The minimum Gasteiger partial charge on any atom is -0.496 e. The van der Waals surface area contributed by atoms with Gasteiger partial charge in [-0.05, 0) is 30.2 Å². The number of benzene rings is 2. The molecule has 0 saturated heterocycles. The van der Waals surface area contributed by atoms with Crippen molar-refractivity contribution < 1.29 is 27.8 Å². The summed E-state index contributed by atoms with van der Waals surface area (Å²) in [6.45, 7) is 1.78. The zero-order valence-electron chi connectivity index (χ0n) is 11.9. The maximum atomic E-state index is 13.1. The molecule has 0 atom stereocenters. The van der Waals surface area contributed by atoms with E-state index in [2.05, 4.69) is 0 Å². The summed E-state index contributed by atoms with van der Waals surface area (Å²) < 4.78 is 44.5. The van der Waals surface area contributed by atoms with Crippen LogP contribution in [0.3, 0.4) is 0 Å². The highest BCUT2D eigenvalue weighted by molar-refractivity contribution is 5.91. The molecule has 0 bridgehead atoms. The summed E-state index contributed by atoms with van der Waals surface area (Å²) in [5.41, 5.74) is -0.456. The van der Waals surface area contributed by atoms with Gasteiger partial charge in [0.2, 0.25) is 0 Å². The second kappa shape index (κ2) is 5.71. The number of halogens is 3. The Morgan fingerprint density at radius 1 is 1.18 bits per heavy atom. The van der Waals surface area contributed by atoms with E-state index in [1.807, 2.05) is 0 Å². The predicted molar refractivity (Wildman–Crippen MR) is 75.1 cm³/mol. The van der Waals surface area contributed by atoms with Crippen LogP contribution in [0.5, 0.6) is 5.75 Å². The van der Waals surface area contributed by atoms with Gasteiger partial charge in [-0.1, -0.05) is 24.3 Å². The highest BCUT2D eigenvalue weighted by Gasteiger charge is 2.35. The minimum absolute atomic E-state index is 0.248. The number of carboxylic acid groups (broad SMARTS) is 1. The van der Waals surface area contributed by atoms with Crippen LogP contribution in [0.4, 0.5) is 13.2 Å². The number of hydrogen-bond donors (Lipinski definition) is 1. The molecule has 0 aliphatic heterocycles. The molecule has 2 aromatic carbocycles. The lowest BCUT2D eigenvalue weighted by Gasteiger charge is -2.15. The molecule has 2 rings (SSSR count). The molecule has 0 spiro atoms. The first-order valence-corrected chi connectivity index (χ1v) is 6.34. The van der Waals surface area contributed by atoms with Crippen LogP contribution in [0.2, 0.25) is 0 Å². The normalized spacial score (nSPS) is 11.3. The Bertz CT molecular complexity index is 721. The smallest absolute Gasteiger partial charge is 0.417 e. The van der Waals surface area contributed by atoms with E-state index in [-0.39, 0.29) is 5.56 Å². The summed E-state index contributed by atoms with van der Waals surface area (Å²) >= 11 is 0. The number of hydrogen-bond acceptors (Lipinski definition) is 2. The monoisotopic (exact) mass is 310 g/mol. The van der Waals surface area contributed by atoms with E-state index >= 15 is 0 Å². The fourth-order valence-corrected chi connectivity index (χ4v) is 2.28. The number of methoxy groups -OCH3 is 1. The first-order chi connectivity index (χ1) is 10.3. The Morgan fingerprint density at radius 3 is 2.41 bits per heavy atom. The Balaban J connectivity index is 2.69. The van der Waals surface area contributed by atoms with Gasteiger partial charge in [-0.25, -0.2) is 4.79 Å². The summed E-state index contributed by atoms with van der Waals surface area (Å²) in [6, 6.07) is 8.24. The van der Waals surface area contributed by atoms with Crippen LogP contribution in [-0.4, -0.2) is 18.2 Å². The Kier molecular flexibility index (Phi) is 4.12. The van der Waals surface area contributed by atoms with Gasteiger partial charge in [0, 0.05) is 5.56 Å². The molecule has 0 aromatic heterocycles. The number of para-hydroxylation sites is 1. The van der Waals surface area contributed by atoms with Gasteiger partial charge in [0.15, 0.2) is 0 Å². The fourth-order valence-electron chi connectivity index (χ4n) is 2.28. The van der Waals surface area contributed by atoms with E-state index in [0.29, 0.717) is 11.3 Å². The zero-order chi connectivity index (χ0) is 16.5. The molecule has 0 unspecified atom stereocenters. The van der Waals surface area contributed by atoms with E-state index < -0.39 is 23.3 Å². The van der Waals surface area contributed by atoms with Gasteiger partial charge in [-0.2, -0.15) is 13.2 Å². The topological polar surface area (TPSA) is 46.5 Å². The third-order valence-corrected chi connectivity index (χ3v) is 3.28. The number of aryl methyl sites for hydroxylation is 1. The van der Waals surface area contributed by atoms with Gasteiger partial charge in [0.1, 0.15) is 5.75 Å². The van der Waals surface area contributed by atoms with E-state index in [1.165, 1.54) is 13.2 Å². The maximum Gasteiger partial charge on any atom is 0.417 e. The third-order valence-electron chi connectivity index (χ3n) is 3.28. The summed E-state index contributed by atoms with van der Waals surface area (Å²) in [5, 5.41) is 8.91. The molecule has 0 fully saturated rings. The van der Waals surface area contributed by atoms with Crippen molar-refractivity contribution in [2.24, 2.45) is 0 Å². The number of rotatable bonds is 3. The van der Waals surface area contributed by atoms with Crippen LogP contribution in [0.15, 0.2) is 36.4 Å². The molecule has 2 aromatic rings. The van der Waals surface area contributed by atoms with Gasteiger partial charge in [0.25, 0.3) is 0 Å². The van der Waals surface area contributed by atoms with Crippen LogP contribution in [0.1, 0.15) is 21.5 Å². The standard InChI is InChI=1S/C16H13F3O3/c1-9-4-3-5-11(14(9)22-2)10-6-7-12(15(20)21)13(8-10)16(17,18)19/h3-8H,1-2H3,(H,20,21). The van der Waals surface area contributed by atoms with Gasteiger partial charge in [-0.15, -0.1) is 0 Å². The minimum atomic E-state index is -4.75. The molecule has 116 valence electrons. The van der Waals surface area contributed by atoms with E-state index in [9.17, 15) is 18.0 Å². The summed E-state index contributed by atoms with van der Waals surface area (Å²) in [7, 11) is 1.43. The number of aromatic carboxylic acids is 1. The van der Waals surface area contributed by atoms with Crippen LogP contribution >= 0.6 is 0 Å². The highest BCUT2D eigenvalue weighted by atomic mass is 19.4. The number of alkyl halides is 3. The molecule has 0 aliphatic rings. The zero-order valence-corrected chi connectivity index (χ0v) is 11.9. The Hall–Kier alpha value is -2.50. The van der Waals surface area contributed by atoms with Gasteiger partial charge in [0.05, 0.1) is 18.2 Å². The summed E-state index contributed by atoms with van der Waals surface area (Å²) in [6.07, 6.45) is -4.75. The molecule has 1 N–H and O–H groups in total. The Morgan fingerprint density at radius 2 is 1.86 bits per heavy atom. The average Bonchev–Trinajstić information content (AvgIpc) is 2.45. The first kappa shape index (κ1) is 15.9. The SMILES string of the molecule is COc1c(C)cccc1-c1ccc(C(=O)O)c(C(F)(F)F)c1. The number of carbonyl (C=O) groups is 1. The van der Waals surface area contributed by atoms with Gasteiger partial charge >= 0.3 is 12.1 Å². The first-order valence-electron chi connectivity index (χ1n) is 6.34. The van der Waals surface area contributed by atoms with Crippen LogP contribution in [-0.2, 0) is 6.18 Å². The molecule has 22 heavy (non-hydrogen) atoms.